The standard InChI is InChI=1S/C19H12N2O/c22-19-14-7-2-1-6-13(14)12-18-16-10-5-11-20(16)15-8-3-4-9-17(15)21(18)19/h1-12H. The van der Waals surface area contributed by atoms with Gasteiger partial charge < -0.3 is 4.40 Å². The van der Waals surface area contributed by atoms with Gasteiger partial charge in [-0.2, -0.15) is 0 Å². The van der Waals surface area contributed by atoms with Crippen LogP contribution in [0.2, 0.25) is 0 Å². The molecule has 0 atom stereocenters. The Balaban J connectivity index is 2.25. The van der Waals surface area contributed by atoms with Gasteiger partial charge in [-0.25, -0.2) is 0 Å². The van der Waals surface area contributed by atoms with Crippen LogP contribution in [0.15, 0.2) is 77.7 Å². The maximum absolute atomic E-state index is 13.0. The van der Waals surface area contributed by atoms with Crippen molar-refractivity contribution < 1.29 is 0 Å². The average molecular weight is 284 g/mol. The van der Waals surface area contributed by atoms with Gasteiger partial charge in [0.15, 0.2) is 0 Å². The van der Waals surface area contributed by atoms with Crippen LogP contribution in [0.25, 0.3) is 32.8 Å². The predicted molar refractivity (Wildman–Crippen MR) is 89.6 cm³/mol. The van der Waals surface area contributed by atoms with E-state index in [-0.39, 0.29) is 5.56 Å². The summed E-state index contributed by atoms with van der Waals surface area (Å²) in [7, 11) is 0. The molecule has 3 aromatic heterocycles. The summed E-state index contributed by atoms with van der Waals surface area (Å²) in [5.41, 5.74) is 3.98. The highest BCUT2D eigenvalue weighted by Gasteiger charge is 2.11. The van der Waals surface area contributed by atoms with E-state index in [1.54, 1.807) is 0 Å². The number of hydrogen-bond donors (Lipinski definition) is 0. The second-order valence-corrected chi connectivity index (χ2v) is 5.51. The maximum Gasteiger partial charge on any atom is 0.263 e. The van der Waals surface area contributed by atoms with Gasteiger partial charge in [0.1, 0.15) is 0 Å². The Labute approximate surface area is 125 Å². The number of para-hydroxylation sites is 2. The van der Waals surface area contributed by atoms with E-state index < -0.39 is 0 Å². The smallest absolute Gasteiger partial charge is 0.263 e. The Bertz CT molecular complexity index is 1240. The van der Waals surface area contributed by atoms with Gasteiger partial charge in [0, 0.05) is 11.6 Å². The molecule has 0 unspecified atom stereocenters. The zero-order valence-electron chi connectivity index (χ0n) is 11.7. The van der Waals surface area contributed by atoms with Crippen molar-refractivity contribution in [1.29, 1.82) is 0 Å². The van der Waals surface area contributed by atoms with Gasteiger partial charge in [0.2, 0.25) is 0 Å². The van der Waals surface area contributed by atoms with Gasteiger partial charge in [-0.1, -0.05) is 30.3 Å². The first-order valence-corrected chi connectivity index (χ1v) is 7.27. The van der Waals surface area contributed by atoms with Gasteiger partial charge in [0.25, 0.3) is 5.56 Å². The molecule has 5 rings (SSSR count). The van der Waals surface area contributed by atoms with Crippen LogP contribution >= 0.6 is 0 Å². The molecule has 0 N–H and O–H groups in total. The number of aromatic nitrogens is 2. The van der Waals surface area contributed by atoms with Crippen LogP contribution < -0.4 is 5.56 Å². The molecule has 3 heterocycles. The fraction of sp³-hybridized carbons (Fsp3) is 0. The van der Waals surface area contributed by atoms with Crippen LogP contribution in [0.5, 0.6) is 0 Å². The van der Waals surface area contributed by atoms with E-state index >= 15 is 0 Å². The highest BCUT2D eigenvalue weighted by atomic mass is 16.1. The number of pyridine rings is 1. The molecule has 22 heavy (non-hydrogen) atoms. The zero-order valence-corrected chi connectivity index (χ0v) is 11.7. The lowest BCUT2D eigenvalue weighted by Gasteiger charge is -2.11. The Morgan fingerprint density at radius 2 is 1.36 bits per heavy atom. The molecule has 0 spiro atoms. The second-order valence-electron chi connectivity index (χ2n) is 5.51. The Morgan fingerprint density at radius 1 is 0.682 bits per heavy atom. The monoisotopic (exact) mass is 284 g/mol. The molecular weight excluding hydrogens is 272 g/mol. The van der Waals surface area contributed by atoms with Crippen LogP contribution in [0.1, 0.15) is 0 Å². The number of fused-ring (bicyclic) bond motifs is 7. The lowest BCUT2D eigenvalue weighted by atomic mass is 10.1. The normalized spacial score (nSPS) is 11.8. The average Bonchev–Trinajstić information content (AvgIpc) is 3.05. The molecule has 2 aromatic carbocycles. The zero-order chi connectivity index (χ0) is 14.7. The first-order valence-electron chi connectivity index (χ1n) is 7.27. The predicted octanol–water partition coefficient (Wildman–Crippen LogP) is 3.86. The Kier molecular flexibility index (Phi) is 2.09. The molecule has 0 saturated carbocycles. The third-order valence-electron chi connectivity index (χ3n) is 4.32. The first kappa shape index (κ1) is 11.6. The lowest BCUT2D eigenvalue weighted by Crippen LogP contribution is -2.15. The topological polar surface area (TPSA) is 25.9 Å². The molecule has 0 aliphatic rings. The third-order valence-corrected chi connectivity index (χ3v) is 4.32. The van der Waals surface area contributed by atoms with Crippen molar-refractivity contribution in [3.05, 3.63) is 83.3 Å². The van der Waals surface area contributed by atoms with Crippen molar-refractivity contribution in [1.82, 2.24) is 8.80 Å². The highest BCUT2D eigenvalue weighted by molar-refractivity contribution is 5.95. The van der Waals surface area contributed by atoms with Gasteiger partial charge in [-0.15, -0.1) is 0 Å². The van der Waals surface area contributed by atoms with Crippen LogP contribution in [-0.2, 0) is 0 Å². The van der Waals surface area contributed by atoms with Crippen molar-refractivity contribution in [3.8, 4) is 0 Å². The number of nitrogens with zero attached hydrogens (tertiary/aromatic N) is 2. The minimum atomic E-state index is 0.0352. The molecule has 3 heteroatoms. The Morgan fingerprint density at radius 3 is 2.27 bits per heavy atom. The van der Waals surface area contributed by atoms with Gasteiger partial charge >= 0.3 is 0 Å². The van der Waals surface area contributed by atoms with E-state index in [9.17, 15) is 4.79 Å². The molecule has 0 radical (unpaired) electrons. The summed E-state index contributed by atoms with van der Waals surface area (Å²) in [6, 6.07) is 21.9. The summed E-state index contributed by atoms with van der Waals surface area (Å²) in [6.45, 7) is 0. The summed E-state index contributed by atoms with van der Waals surface area (Å²) in [4.78, 5) is 13.0. The van der Waals surface area contributed by atoms with Crippen molar-refractivity contribution >= 4 is 32.8 Å². The number of hydrogen-bond acceptors (Lipinski definition) is 1. The lowest BCUT2D eigenvalue weighted by molar-refractivity contribution is 1.14. The summed E-state index contributed by atoms with van der Waals surface area (Å²) >= 11 is 0. The van der Waals surface area contributed by atoms with Crippen LogP contribution in [0.3, 0.4) is 0 Å². The molecule has 0 bridgehead atoms. The van der Waals surface area contributed by atoms with E-state index in [2.05, 4.69) is 16.5 Å². The second kappa shape index (κ2) is 3.98. The van der Waals surface area contributed by atoms with Gasteiger partial charge in [0.05, 0.1) is 22.1 Å². The number of benzene rings is 2. The van der Waals surface area contributed by atoms with E-state index in [1.807, 2.05) is 65.2 Å². The molecule has 0 saturated heterocycles. The van der Waals surface area contributed by atoms with E-state index in [0.717, 1.165) is 32.8 Å². The van der Waals surface area contributed by atoms with Crippen molar-refractivity contribution in [2.75, 3.05) is 0 Å². The van der Waals surface area contributed by atoms with E-state index in [4.69, 9.17) is 0 Å². The molecular formula is C19H12N2O. The van der Waals surface area contributed by atoms with Gasteiger partial charge in [-0.3, -0.25) is 9.20 Å². The molecule has 0 aliphatic carbocycles. The fourth-order valence-electron chi connectivity index (χ4n) is 3.34. The minimum Gasteiger partial charge on any atom is -0.313 e. The van der Waals surface area contributed by atoms with Crippen molar-refractivity contribution in [2.45, 2.75) is 0 Å². The third kappa shape index (κ3) is 1.33. The SMILES string of the molecule is O=c1c2ccccc2cc2c3cccn3c3ccccc3n12. The largest absolute Gasteiger partial charge is 0.313 e. The van der Waals surface area contributed by atoms with Gasteiger partial charge in [-0.05, 0) is 41.8 Å². The summed E-state index contributed by atoms with van der Waals surface area (Å²) in [5.74, 6) is 0. The highest BCUT2D eigenvalue weighted by Crippen LogP contribution is 2.24. The molecule has 0 aliphatic heterocycles. The maximum atomic E-state index is 13.0. The minimum absolute atomic E-state index is 0.0352. The molecule has 104 valence electrons. The summed E-state index contributed by atoms with van der Waals surface area (Å²) in [6.07, 6.45) is 2.04. The number of rotatable bonds is 0. The van der Waals surface area contributed by atoms with Crippen molar-refractivity contribution in [3.63, 3.8) is 0 Å². The summed E-state index contributed by atoms with van der Waals surface area (Å²) in [5, 5.41) is 1.73. The van der Waals surface area contributed by atoms with Crippen molar-refractivity contribution in [2.24, 2.45) is 0 Å². The van der Waals surface area contributed by atoms with E-state index in [0.29, 0.717) is 0 Å². The van der Waals surface area contributed by atoms with E-state index in [1.165, 1.54) is 0 Å². The van der Waals surface area contributed by atoms with Crippen LogP contribution in [-0.4, -0.2) is 8.80 Å². The Hall–Kier alpha value is -3.07. The molecule has 5 aromatic rings. The molecule has 3 nitrogen and oxygen atoms in total. The van der Waals surface area contributed by atoms with Crippen LogP contribution in [0.4, 0.5) is 0 Å². The first-order chi connectivity index (χ1) is 10.8. The molecule has 0 fully saturated rings. The fourth-order valence-corrected chi connectivity index (χ4v) is 3.34. The summed E-state index contributed by atoms with van der Waals surface area (Å²) < 4.78 is 3.96. The van der Waals surface area contributed by atoms with Crippen LogP contribution in [0, 0.1) is 0 Å². The molecule has 0 amide bonds. The quantitative estimate of drug-likeness (QED) is 0.313.